The van der Waals surface area contributed by atoms with Gasteiger partial charge in [0, 0.05) is 6.54 Å². The van der Waals surface area contributed by atoms with Crippen molar-refractivity contribution in [3.05, 3.63) is 17.9 Å². The van der Waals surface area contributed by atoms with Gasteiger partial charge in [-0.3, -0.25) is 0 Å². The number of nitrogens with two attached hydrogens (primary N) is 1. The highest BCUT2D eigenvalue weighted by Gasteiger charge is 2.15. The Morgan fingerprint density at radius 2 is 2.10 bits per heavy atom. The third-order valence-corrected chi connectivity index (χ3v) is 4.26. The Kier molecular flexibility index (Phi) is 5.20. The molecule has 114 valence electrons. The van der Waals surface area contributed by atoms with E-state index >= 15 is 0 Å². The zero-order valence-electron chi connectivity index (χ0n) is 11.8. The Bertz CT molecular complexity index is 521. The fraction of sp³-hybridized carbons (Fsp3) is 0.692. The number of hydrogen-bond donors (Lipinski definition) is 2. The molecular formula is C13H23N3O3S. The minimum absolute atomic E-state index is 0.181. The van der Waals surface area contributed by atoms with Crippen LogP contribution in [-0.4, -0.2) is 39.5 Å². The second-order valence-corrected chi connectivity index (χ2v) is 7.00. The van der Waals surface area contributed by atoms with E-state index in [-0.39, 0.29) is 5.09 Å². The molecule has 1 saturated heterocycles. The number of hydrogen-bond acceptors (Lipinski definition) is 5. The summed E-state index contributed by atoms with van der Waals surface area (Å²) in [5.74, 6) is 1.14. The average molecular weight is 301 g/mol. The molecule has 0 bridgehead atoms. The van der Waals surface area contributed by atoms with Crippen LogP contribution in [0.15, 0.2) is 21.6 Å². The quantitative estimate of drug-likeness (QED) is 0.776. The van der Waals surface area contributed by atoms with Crippen LogP contribution in [0, 0.1) is 5.92 Å². The third-order valence-electron chi connectivity index (χ3n) is 3.48. The fourth-order valence-corrected chi connectivity index (χ4v) is 3.00. The zero-order valence-corrected chi connectivity index (χ0v) is 12.7. The van der Waals surface area contributed by atoms with Crippen molar-refractivity contribution in [3.63, 3.8) is 0 Å². The third kappa shape index (κ3) is 4.59. The molecule has 0 aliphatic carbocycles. The predicted molar refractivity (Wildman–Crippen MR) is 76.6 cm³/mol. The average Bonchev–Trinajstić information content (AvgIpc) is 2.98. The first kappa shape index (κ1) is 15.5. The van der Waals surface area contributed by atoms with Crippen LogP contribution in [0.3, 0.4) is 0 Å². The normalized spacial score (nSPS) is 18.5. The van der Waals surface area contributed by atoms with Crippen molar-refractivity contribution in [1.82, 2.24) is 10.2 Å². The highest BCUT2D eigenvalue weighted by molar-refractivity contribution is 7.89. The van der Waals surface area contributed by atoms with E-state index in [1.165, 1.54) is 32.0 Å². The van der Waals surface area contributed by atoms with Crippen molar-refractivity contribution in [2.75, 3.05) is 26.2 Å². The number of nitrogens with one attached hydrogen (secondary N) is 1. The van der Waals surface area contributed by atoms with Crippen LogP contribution >= 0.6 is 0 Å². The van der Waals surface area contributed by atoms with Gasteiger partial charge in [0.05, 0.1) is 6.54 Å². The molecular weight excluding hydrogens is 278 g/mol. The molecule has 2 rings (SSSR count). The lowest BCUT2D eigenvalue weighted by Crippen LogP contribution is -2.31. The maximum absolute atomic E-state index is 11.1. The van der Waals surface area contributed by atoms with Gasteiger partial charge < -0.3 is 14.6 Å². The number of furan rings is 1. The van der Waals surface area contributed by atoms with E-state index in [0.717, 1.165) is 13.1 Å². The lowest BCUT2D eigenvalue weighted by molar-refractivity contribution is 0.280. The Balaban J connectivity index is 1.71. The van der Waals surface area contributed by atoms with Gasteiger partial charge >= 0.3 is 0 Å². The van der Waals surface area contributed by atoms with Crippen molar-refractivity contribution in [2.45, 2.75) is 31.4 Å². The summed E-state index contributed by atoms with van der Waals surface area (Å²) in [6.45, 7) is 7.12. The van der Waals surface area contributed by atoms with Gasteiger partial charge in [-0.25, -0.2) is 13.6 Å². The molecule has 0 radical (unpaired) electrons. The monoisotopic (exact) mass is 301 g/mol. The first-order valence-corrected chi connectivity index (χ1v) is 8.54. The van der Waals surface area contributed by atoms with Crippen LogP contribution in [0.5, 0.6) is 0 Å². The van der Waals surface area contributed by atoms with E-state index in [0.29, 0.717) is 18.2 Å². The van der Waals surface area contributed by atoms with Crippen LogP contribution in [0.2, 0.25) is 0 Å². The number of likely N-dealkylation sites (tertiary alicyclic amines) is 1. The van der Waals surface area contributed by atoms with Gasteiger partial charge in [-0.05, 0) is 50.5 Å². The molecule has 1 aromatic rings. The molecule has 3 N–H and O–H groups in total. The Morgan fingerprint density at radius 1 is 1.40 bits per heavy atom. The molecule has 0 saturated carbocycles. The van der Waals surface area contributed by atoms with Crippen molar-refractivity contribution >= 4 is 10.0 Å². The van der Waals surface area contributed by atoms with Gasteiger partial charge in [-0.2, -0.15) is 0 Å². The van der Waals surface area contributed by atoms with Crippen molar-refractivity contribution < 1.29 is 12.8 Å². The Morgan fingerprint density at radius 3 is 2.70 bits per heavy atom. The molecule has 1 unspecified atom stereocenters. The second kappa shape index (κ2) is 6.71. The van der Waals surface area contributed by atoms with Gasteiger partial charge in [0.1, 0.15) is 5.76 Å². The smallest absolute Gasteiger partial charge is 0.271 e. The lowest BCUT2D eigenvalue weighted by atomic mass is 10.1. The summed E-state index contributed by atoms with van der Waals surface area (Å²) >= 11 is 0. The second-order valence-electron chi connectivity index (χ2n) is 5.51. The van der Waals surface area contributed by atoms with Crippen LogP contribution in [0.25, 0.3) is 0 Å². The maximum atomic E-state index is 11.1. The van der Waals surface area contributed by atoms with Gasteiger partial charge in [-0.15, -0.1) is 0 Å². The molecule has 0 amide bonds. The molecule has 6 nitrogen and oxygen atoms in total. The maximum Gasteiger partial charge on any atom is 0.271 e. The van der Waals surface area contributed by atoms with Gasteiger partial charge in [0.15, 0.2) is 0 Å². The SMILES string of the molecule is CC(CNCc1ccc(S(N)(=O)=O)o1)CN1CCCC1. The molecule has 2 heterocycles. The van der Waals surface area contributed by atoms with Crippen LogP contribution in [-0.2, 0) is 16.6 Å². The standard InChI is InChI=1S/C13H23N3O3S/c1-11(10-16-6-2-3-7-16)8-15-9-12-4-5-13(19-12)20(14,17)18/h4-5,11,15H,2-3,6-10H2,1H3,(H2,14,17,18). The van der Waals surface area contributed by atoms with E-state index < -0.39 is 10.0 Å². The van der Waals surface area contributed by atoms with Crippen LogP contribution in [0.1, 0.15) is 25.5 Å². The first-order valence-electron chi connectivity index (χ1n) is 7.00. The molecule has 1 atom stereocenters. The molecule has 1 aliphatic rings. The molecule has 0 aromatic carbocycles. The Hall–Kier alpha value is -0.890. The van der Waals surface area contributed by atoms with Crippen LogP contribution < -0.4 is 10.5 Å². The minimum Gasteiger partial charge on any atom is -0.447 e. The minimum atomic E-state index is -3.74. The highest BCUT2D eigenvalue weighted by atomic mass is 32.2. The molecule has 1 fully saturated rings. The predicted octanol–water partition coefficient (Wildman–Crippen LogP) is 0.749. The topological polar surface area (TPSA) is 88.6 Å². The van der Waals surface area contributed by atoms with Gasteiger partial charge in [-0.1, -0.05) is 6.92 Å². The Labute approximate surface area is 120 Å². The number of primary sulfonamides is 1. The molecule has 1 aromatic heterocycles. The lowest BCUT2D eigenvalue weighted by Gasteiger charge is -2.20. The van der Waals surface area contributed by atoms with Crippen molar-refractivity contribution in [2.24, 2.45) is 11.1 Å². The summed E-state index contributed by atoms with van der Waals surface area (Å²) in [6.07, 6.45) is 2.62. The number of sulfonamides is 1. The summed E-state index contributed by atoms with van der Waals surface area (Å²) in [5, 5.41) is 8.09. The first-order chi connectivity index (χ1) is 9.45. The zero-order chi connectivity index (χ0) is 14.6. The van der Waals surface area contributed by atoms with E-state index in [1.54, 1.807) is 6.07 Å². The largest absolute Gasteiger partial charge is 0.447 e. The fourth-order valence-electron chi connectivity index (χ4n) is 2.52. The van der Waals surface area contributed by atoms with E-state index in [9.17, 15) is 8.42 Å². The van der Waals surface area contributed by atoms with E-state index in [4.69, 9.17) is 9.56 Å². The van der Waals surface area contributed by atoms with E-state index in [1.807, 2.05) is 0 Å². The van der Waals surface area contributed by atoms with Gasteiger partial charge in [0.2, 0.25) is 5.09 Å². The summed E-state index contributed by atoms with van der Waals surface area (Å²) in [6, 6.07) is 3.03. The summed E-state index contributed by atoms with van der Waals surface area (Å²) < 4.78 is 27.3. The molecule has 7 heteroatoms. The summed E-state index contributed by atoms with van der Waals surface area (Å²) in [5.41, 5.74) is 0. The molecule has 20 heavy (non-hydrogen) atoms. The van der Waals surface area contributed by atoms with E-state index in [2.05, 4.69) is 17.1 Å². The summed E-state index contributed by atoms with van der Waals surface area (Å²) in [4.78, 5) is 2.48. The van der Waals surface area contributed by atoms with Gasteiger partial charge in [0.25, 0.3) is 10.0 Å². The number of rotatable bonds is 7. The summed E-state index contributed by atoms with van der Waals surface area (Å²) in [7, 11) is -3.74. The number of nitrogens with zero attached hydrogens (tertiary/aromatic N) is 1. The molecule has 0 spiro atoms. The van der Waals surface area contributed by atoms with Crippen molar-refractivity contribution in [3.8, 4) is 0 Å². The van der Waals surface area contributed by atoms with Crippen LogP contribution in [0.4, 0.5) is 0 Å². The highest BCUT2D eigenvalue weighted by Crippen LogP contribution is 2.12. The van der Waals surface area contributed by atoms with Crippen molar-refractivity contribution in [1.29, 1.82) is 0 Å². The molecule has 1 aliphatic heterocycles.